The Morgan fingerprint density at radius 2 is 2.35 bits per heavy atom. The van der Waals surface area contributed by atoms with Crippen LogP contribution in [-0.2, 0) is 22.1 Å². The first-order valence-corrected chi connectivity index (χ1v) is 10.9. The summed E-state index contributed by atoms with van der Waals surface area (Å²) in [5.74, 6) is 2.33. The molecule has 0 spiro atoms. The van der Waals surface area contributed by atoms with Crippen LogP contribution >= 0.6 is 34.7 Å². The van der Waals surface area contributed by atoms with Gasteiger partial charge in [0.15, 0.2) is 9.84 Å². The molecule has 0 amide bonds. The van der Waals surface area contributed by atoms with Crippen molar-refractivity contribution in [3.8, 4) is 0 Å². The predicted octanol–water partition coefficient (Wildman–Crippen LogP) is 2.23. The molecule has 0 aromatic carbocycles. The SMILES string of the molecule is CCS(=O)(=O)C1CSCCN1CCc1nc(CCl)cs1. The fraction of sp³-hybridized carbons (Fsp3) is 0.750. The molecule has 20 heavy (non-hydrogen) atoms. The molecule has 1 aliphatic heterocycles. The lowest BCUT2D eigenvalue weighted by molar-refractivity contribution is 0.273. The summed E-state index contributed by atoms with van der Waals surface area (Å²) < 4.78 is 24.3. The van der Waals surface area contributed by atoms with Crippen LogP contribution in [0.4, 0.5) is 0 Å². The molecule has 1 unspecified atom stereocenters. The Morgan fingerprint density at radius 1 is 1.55 bits per heavy atom. The summed E-state index contributed by atoms with van der Waals surface area (Å²) >= 11 is 9.07. The van der Waals surface area contributed by atoms with Crippen molar-refractivity contribution in [2.24, 2.45) is 0 Å². The smallest absolute Gasteiger partial charge is 0.166 e. The van der Waals surface area contributed by atoms with Crippen molar-refractivity contribution in [2.45, 2.75) is 24.6 Å². The second kappa shape index (κ2) is 7.45. The molecule has 4 nitrogen and oxygen atoms in total. The number of hydrogen-bond acceptors (Lipinski definition) is 6. The number of thiazole rings is 1. The number of hydrogen-bond donors (Lipinski definition) is 0. The summed E-state index contributed by atoms with van der Waals surface area (Å²) in [7, 11) is -3.01. The maximum absolute atomic E-state index is 12.1. The molecule has 1 aliphatic rings. The number of rotatable bonds is 6. The first-order valence-electron chi connectivity index (χ1n) is 6.59. The quantitative estimate of drug-likeness (QED) is 0.733. The third-order valence-electron chi connectivity index (χ3n) is 3.36. The highest BCUT2D eigenvalue weighted by Crippen LogP contribution is 2.22. The fourth-order valence-electron chi connectivity index (χ4n) is 2.16. The van der Waals surface area contributed by atoms with Gasteiger partial charge in [-0.05, 0) is 0 Å². The average Bonchev–Trinajstić information content (AvgIpc) is 2.93. The molecule has 1 atom stereocenters. The molecule has 114 valence electrons. The van der Waals surface area contributed by atoms with E-state index in [1.807, 2.05) is 5.38 Å². The molecule has 0 saturated carbocycles. The van der Waals surface area contributed by atoms with Crippen molar-refractivity contribution in [1.82, 2.24) is 9.88 Å². The zero-order valence-electron chi connectivity index (χ0n) is 11.4. The van der Waals surface area contributed by atoms with E-state index in [0.717, 1.165) is 36.0 Å². The lowest BCUT2D eigenvalue weighted by Gasteiger charge is -2.34. The Morgan fingerprint density at radius 3 is 3.00 bits per heavy atom. The minimum absolute atomic E-state index is 0.211. The van der Waals surface area contributed by atoms with E-state index in [2.05, 4.69) is 9.88 Å². The van der Waals surface area contributed by atoms with Gasteiger partial charge in [-0.1, -0.05) is 6.92 Å². The molecule has 8 heteroatoms. The molecule has 1 fully saturated rings. The lowest BCUT2D eigenvalue weighted by atomic mass is 10.3. The van der Waals surface area contributed by atoms with Crippen LogP contribution in [0.1, 0.15) is 17.6 Å². The van der Waals surface area contributed by atoms with Crippen LogP contribution in [-0.4, -0.2) is 54.0 Å². The van der Waals surface area contributed by atoms with Gasteiger partial charge in [0.1, 0.15) is 5.37 Å². The Labute approximate surface area is 133 Å². The molecule has 0 N–H and O–H groups in total. The minimum atomic E-state index is -3.01. The van der Waals surface area contributed by atoms with Crippen LogP contribution in [0.5, 0.6) is 0 Å². The van der Waals surface area contributed by atoms with Crippen LogP contribution in [0.25, 0.3) is 0 Å². The number of halogens is 1. The van der Waals surface area contributed by atoms with Gasteiger partial charge in [0.25, 0.3) is 0 Å². The van der Waals surface area contributed by atoms with Crippen molar-refractivity contribution < 1.29 is 8.42 Å². The molecule has 2 heterocycles. The van der Waals surface area contributed by atoms with E-state index in [0.29, 0.717) is 11.6 Å². The summed E-state index contributed by atoms with van der Waals surface area (Å²) in [5.41, 5.74) is 0.901. The Hall–Kier alpha value is 0.180. The number of alkyl halides is 1. The number of nitrogens with zero attached hydrogens (tertiary/aromatic N) is 2. The van der Waals surface area contributed by atoms with Gasteiger partial charge in [0.05, 0.1) is 16.6 Å². The standard InChI is InChI=1S/C12H19ClN2O2S3/c1-2-20(16,17)12-9-18-6-5-15(12)4-3-11-14-10(7-13)8-19-11/h8,12H,2-7,9H2,1H3. The Bertz CT molecular complexity index is 533. The largest absolute Gasteiger partial charge is 0.285 e. The van der Waals surface area contributed by atoms with Gasteiger partial charge in [-0.2, -0.15) is 11.8 Å². The van der Waals surface area contributed by atoms with Gasteiger partial charge < -0.3 is 0 Å². The van der Waals surface area contributed by atoms with Crippen molar-refractivity contribution in [1.29, 1.82) is 0 Å². The van der Waals surface area contributed by atoms with E-state index in [4.69, 9.17) is 11.6 Å². The summed E-state index contributed by atoms with van der Waals surface area (Å²) in [6.07, 6.45) is 0.794. The highest BCUT2D eigenvalue weighted by atomic mass is 35.5. The summed E-state index contributed by atoms with van der Waals surface area (Å²) in [6, 6.07) is 0. The van der Waals surface area contributed by atoms with Crippen molar-refractivity contribution in [3.05, 3.63) is 16.1 Å². The summed E-state index contributed by atoms with van der Waals surface area (Å²) in [4.78, 5) is 6.52. The predicted molar refractivity (Wildman–Crippen MR) is 87.5 cm³/mol. The van der Waals surface area contributed by atoms with Crippen LogP contribution < -0.4 is 0 Å². The van der Waals surface area contributed by atoms with E-state index >= 15 is 0 Å². The highest BCUT2D eigenvalue weighted by Gasteiger charge is 2.32. The number of aromatic nitrogens is 1. The summed E-state index contributed by atoms with van der Waals surface area (Å²) in [5, 5.41) is 2.67. The van der Waals surface area contributed by atoms with Gasteiger partial charge >= 0.3 is 0 Å². The van der Waals surface area contributed by atoms with Crippen molar-refractivity contribution >= 4 is 44.5 Å². The molecule has 1 saturated heterocycles. The minimum Gasteiger partial charge on any atom is -0.285 e. The average molecular weight is 355 g/mol. The summed E-state index contributed by atoms with van der Waals surface area (Å²) in [6.45, 7) is 3.31. The van der Waals surface area contributed by atoms with Crippen LogP contribution in [0.2, 0.25) is 0 Å². The zero-order chi connectivity index (χ0) is 14.6. The van der Waals surface area contributed by atoms with Crippen LogP contribution in [0, 0.1) is 0 Å². The Kier molecular flexibility index (Phi) is 6.16. The molecule has 0 bridgehead atoms. The zero-order valence-corrected chi connectivity index (χ0v) is 14.6. The fourth-order valence-corrected chi connectivity index (χ4v) is 6.28. The maximum atomic E-state index is 12.1. The van der Waals surface area contributed by atoms with Crippen LogP contribution in [0.3, 0.4) is 0 Å². The first-order chi connectivity index (χ1) is 9.56. The molecule has 0 radical (unpaired) electrons. The lowest BCUT2D eigenvalue weighted by Crippen LogP contribution is -2.48. The normalized spacial score (nSPS) is 21.2. The molecule has 0 aliphatic carbocycles. The van der Waals surface area contributed by atoms with Gasteiger partial charge in [0.2, 0.25) is 0 Å². The van der Waals surface area contributed by atoms with E-state index in [9.17, 15) is 8.42 Å². The number of sulfone groups is 1. The highest BCUT2D eigenvalue weighted by molar-refractivity contribution is 8.01. The van der Waals surface area contributed by atoms with E-state index < -0.39 is 9.84 Å². The molecular weight excluding hydrogens is 336 g/mol. The van der Waals surface area contributed by atoms with Gasteiger partial charge in [-0.3, -0.25) is 4.90 Å². The maximum Gasteiger partial charge on any atom is 0.166 e. The molecule has 2 rings (SSSR count). The van der Waals surface area contributed by atoms with Crippen molar-refractivity contribution in [3.63, 3.8) is 0 Å². The van der Waals surface area contributed by atoms with E-state index in [1.54, 1.807) is 30.0 Å². The first kappa shape index (κ1) is 16.5. The number of thioether (sulfide) groups is 1. The third kappa shape index (κ3) is 4.10. The molecule has 1 aromatic heterocycles. The monoisotopic (exact) mass is 354 g/mol. The second-order valence-electron chi connectivity index (χ2n) is 4.63. The Balaban J connectivity index is 1.98. The van der Waals surface area contributed by atoms with E-state index in [1.165, 1.54) is 0 Å². The van der Waals surface area contributed by atoms with Gasteiger partial charge in [-0.25, -0.2) is 13.4 Å². The van der Waals surface area contributed by atoms with Gasteiger partial charge in [0, 0.05) is 42.1 Å². The van der Waals surface area contributed by atoms with E-state index in [-0.39, 0.29) is 11.1 Å². The van der Waals surface area contributed by atoms with Crippen LogP contribution in [0.15, 0.2) is 5.38 Å². The topological polar surface area (TPSA) is 50.3 Å². The van der Waals surface area contributed by atoms with Gasteiger partial charge in [-0.15, -0.1) is 22.9 Å². The molecule has 1 aromatic rings. The van der Waals surface area contributed by atoms with Crippen molar-refractivity contribution in [2.75, 3.05) is 30.3 Å². The third-order valence-corrected chi connectivity index (χ3v) is 7.92. The molecular formula is C12H19ClN2O2S3. The second-order valence-corrected chi connectivity index (χ2v) is 9.44.